The fourth-order valence-electron chi connectivity index (χ4n) is 7.40. The van der Waals surface area contributed by atoms with E-state index >= 15 is 0 Å². The van der Waals surface area contributed by atoms with Gasteiger partial charge in [-0.2, -0.15) is 0 Å². The van der Waals surface area contributed by atoms with Crippen molar-refractivity contribution in [3.63, 3.8) is 0 Å². The fourth-order valence-corrected chi connectivity index (χ4v) is 7.40. The summed E-state index contributed by atoms with van der Waals surface area (Å²) >= 11 is 0. The SMILES string of the molecule is CCCC1=C(C(C(=O)NC2CNCCC2N2CCC(C(O)N3CCN(C)CC3)CC2)C(N)N)NCC(F)CCC1C. The van der Waals surface area contributed by atoms with Gasteiger partial charge in [-0.3, -0.25) is 14.6 Å². The molecule has 11 heteroatoms. The van der Waals surface area contributed by atoms with Crippen LogP contribution in [0.2, 0.25) is 0 Å². The Labute approximate surface area is 246 Å². The largest absolute Gasteiger partial charge is 0.385 e. The zero-order valence-electron chi connectivity index (χ0n) is 25.7. The van der Waals surface area contributed by atoms with E-state index in [1.54, 1.807) is 0 Å². The van der Waals surface area contributed by atoms with Crippen LogP contribution in [0.3, 0.4) is 0 Å². The van der Waals surface area contributed by atoms with Crippen molar-refractivity contribution < 1.29 is 14.3 Å². The number of aliphatic hydroxyl groups excluding tert-OH is 1. The molecule has 3 saturated heterocycles. The first-order valence-electron chi connectivity index (χ1n) is 16.2. The third-order valence-electron chi connectivity index (χ3n) is 10.0. The fraction of sp³-hybridized carbons (Fsp3) is 0.900. The highest BCUT2D eigenvalue weighted by Gasteiger charge is 2.39. The van der Waals surface area contributed by atoms with E-state index in [1.165, 1.54) is 0 Å². The lowest BCUT2D eigenvalue weighted by molar-refractivity contribution is -0.126. The molecule has 4 rings (SSSR count). The summed E-state index contributed by atoms with van der Waals surface area (Å²) in [4.78, 5) is 21.0. The number of amides is 1. The van der Waals surface area contributed by atoms with Gasteiger partial charge in [0.2, 0.25) is 5.91 Å². The summed E-state index contributed by atoms with van der Waals surface area (Å²) in [5, 5.41) is 21.2. The molecule has 6 atom stereocenters. The molecule has 0 aliphatic carbocycles. The van der Waals surface area contributed by atoms with E-state index in [4.69, 9.17) is 11.5 Å². The molecule has 0 aromatic heterocycles. The molecule has 0 aromatic rings. The summed E-state index contributed by atoms with van der Waals surface area (Å²) in [6.45, 7) is 11.7. The van der Waals surface area contributed by atoms with Gasteiger partial charge < -0.3 is 37.4 Å². The summed E-state index contributed by atoms with van der Waals surface area (Å²) in [7, 11) is 2.13. The van der Waals surface area contributed by atoms with Crippen molar-refractivity contribution in [3.05, 3.63) is 11.3 Å². The van der Waals surface area contributed by atoms with Crippen molar-refractivity contribution in [1.29, 1.82) is 0 Å². The number of aliphatic hydroxyl groups is 1. The summed E-state index contributed by atoms with van der Waals surface area (Å²) in [6, 6.07) is 0.131. The molecule has 1 amide bonds. The minimum Gasteiger partial charge on any atom is -0.385 e. The van der Waals surface area contributed by atoms with Gasteiger partial charge in [0.05, 0.1) is 12.2 Å². The van der Waals surface area contributed by atoms with Crippen LogP contribution in [0.5, 0.6) is 0 Å². The number of rotatable bonds is 9. The zero-order valence-corrected chi connectivity index (χ0v) is 25.7. The molecule has 10 nitrogen and oxygen atoms in total. The van der Waals surface area contributed by atoms with Gasteiger partial charge in [-0.15, -0.1) is 0 Å². The number of halogens is 1. The van der Waals surface area contributed by atoms with E-state index in [-0.39, 0.29) is 42.6 Å². The Morgan fingerprint density at radius 2 is 1.78 bits per heavy atom. The van der Waals surface area contributed by atoms with Crippen LogP contribution in [-0.2, 0) is 4.79 Å². The highest BCUT2D eigenvalue weighted by Crippen LogP contribution is 2.31. The van der Waals surface area contributed by atoms with Crippen LogP contribution in [0.4, 0.5) is 4.39 Å². The van der Waals surface area contributed by atoms with E-state index in [1.807, 2.05) is 0 Å². The lowest BCUT2D eigenvalue weighted by Crippen LogP contribution is -2.63. The summed E-state index contributed by atoms with van der Waals surface area (Å²) < 4.78 is 14.5. The number of piperidine rings is 2. The van der Waals surface area contributed by atoms with E-state index in [0.29, 0.717) is 13.0 Å². The van der Waals surface area contributed by atoms with Crippen molar-refractivity contribution in [2.24, 2.45) is 29.2 Å². The van der Waals surface area contributed by atoms with E-state index in [2.05, 4.69) is 51.5 Å². The van der Waals surface area contributed by atoms with Crippen molar-refractivity contribution in [3.8, 4) is 0 Å². The first-order valence-corrected chi connectivity index (χ1v) is 16.2. The molecule has 0 bridgehead atoms. The van der Waals surface area contributed by atoms with Crippen LogP contribution < -0.4 is 27.4 Å². The Kier molecular flexibility index (Phi) is 12.2. The number of carbonyl (C=O) groups excluding carboxylic acids is 1. The Morgan fingerprint density at radius 1 is 1.07 bits per heavy atom. The number of piperazine rings is 1. The number of alkyl halides is 1. The third-order valence-corrected chi connectivity index (χ3v) is 10.0. The number of likely N-dealkylation sites (N-methyl/N-ethyl adjacent to an activating group) is 1. The standard InChI is InChI=1S/C30H57FN8O2/c1-4-5-23-20(2)6-7-22(31)18-35-27(23)26(28(32)33)29(40)36-24-19-34-11-8-25(24)38-12-9-21(10-13-38)30(41)39-16-14-37(3)15-17-39/h20-22,24-26,28,30,34-35,41H,4-19,32-33H2,1-3H3,(H,36,40). The topological polar surface area (TPSA) is 135 Å². The number of allylic oxidation sites excluding steroid dienone is 1. The highest BCUT2D eigenvalue weighted by atomic mass is 19.1. The lowest BCUT2D eigenvalue weighted by atomic mass is 9.84. The van der Waals surface area contributed by atoms with E-state index in [9.17, 15) is 14.3 Å². The van der Waals surface area contributed by atoms with Crippen LogP contribution in [0.1, 0.15) is 58.8 Å². The maximum Gasteiger partial charge on any atom is 0.232 e. The van der Waals surface area contributed by atoms with Crippen molar-refractivity contribution in [2.75, 3.05) is 66.0 Å². The monoisotopic (exact) mass is 580 g/mol. The molecule has 0 spiro atoms. The third kappa shape index (κ3) is 8.40. The summed E-state index contributed by atoms with van der Waals surface area (Å²) in [5.41, 5.74) is 14.5. The van der Waals surface area contributed by atoms with Crippen LogP contribution in [0.15, 0.2) is 11.3 Å². The molecule has 0 radical (unpaired) electrons. The second-order valence-corrected chi connectivity index (χ2v) is 13.0. The molecule has 236 valence electrons. The van der Waals surface area contributed by atoms with Gasteiger partial charge in [0.1, 0.15) is 18.3 Å². The zero-order chi connectivity index (χ0) is 29.5. The predicted octanol–water partition coefficient (Wildman–Crippen LogP) is 0.382. The predicted molar refractivity (Wildman–Crippen MR) is 161 cm³/mol. The highest BCUT2D eigenvalue weighted by molar-refractivity contribution is 5.82. The lowest BCUT2D eigenvalue weighted by Gasteiger charge is -2.46. The van der Waals surface area contributed by atoms with Crippen molar-refractivity contribution in [2.45, 2.75) is 89.4 Å². The second kappa shape index (κ2) is 15.4. The quantitative estimate of drug-likeness (QED) is 0.214. The minimum atomic E-state index is -0.960. The number of hydrogen-bond acceptors (Lipinski definition) is 9. The molecular formula is C30H57FN8O2. The molecular weight excluding hydrogens is 523 g/mol. The maximum atomic E-state index is 14.5. The van der Waals surface area contributed by atoms with Gasteiger partial charge in [-0.05, 0) is 76.7 Å². The second-order valence-electron chi connectivity index (χ2n) is 13.0. The van der Waals surface area contributed by atoms with Gasteiger partial charge in [0.25, 0.3) is 0 Å². The van der Waals surface area contributed by atoms with Crippen molar-refractivity contribution >= 4 is 5.91 Å². The summed E-state index contributed by atoms with van der Waals surface area (Å²) in [6.07, 6.45) is 3.65. The number of nitrogens with one attached hydrogen (secondary N) is 3. The number of nitrogens with zero attached hydrogens (tertiary/aromatic N) is 3. The molecule has 3 fully saturated rings. The van der Waals surface area contributed by atoms with Gasteiger partial charge in [0, 0.05) is 56.9 Å². The first-order chi connectivity index (χ1) is 19.7. The molecule has 0 aromatic carbocycles. The van der Waals surface area contributed by atoms with Gasteiger partial charge >= 0.3 is 0 Å². The Bertz CT molecular complexity index is 859. The Morgan fingerprint density at radius 3 is 2.44 bits per heavy atom. The molecule has 4 aliphatic rings. The normalized spacial score (nSPS) is 31.8. The molecule has 4 heterocycles. The van der Waals surface area contributed by atoms with Crippen molar-refractivity contribution in [1.82, 2.24) is 30.7 Å². The van der Waals surface area contributed by atoms with Crippen LogP contribution in [0.25, 0.3) is 0 Å². The van der Waals surface area contributed by atoms with Gasteiger partial charge in [0.15, 0.2) is 0 Å². The Hall–Kier alpha value is -1.34. The number of hydrogen-bond donors (Lipinski definition) is 6. The minimum absolute atomic E-state index is 0.0771. The average Bonchev–Trinajstić information content (AvgIpc) is 2.96. The smallest absolute Gasteiger partial charge is 0.232 e. The average molecular weight is 581 g/mol. The molecule has 0 saturated carbocycles. The number of likely N-dealkylation sites (tertiary alicyclic amines) is 1. The molecule has 8 N–H and O–H groups in total. The molecule has 4 aliphatic heterocycles. The number of carbonyl (C=O) groups is 1. The van der Waals surface area contributed by atoms with Crippen LogP contribution in [-0.4, -0.2) is 122 Å². The van der Waals surface area contributed by atoms with E-state index < -0.39 is 18.3 Å². The van der Waals surface area contributed by atoms with Crippen LogP contribution >= 0.6 is 0 Å². The number of nitrogens with two attached hydrogens (primary N) is 2. The first kappa shape index (κ1) is 32.6. The van der Waals surface area contributed by atoms with Gasteiger partial charge in [-0.25, -0.2) is 4.39 Å². The van der Waals surface area contributed by atoms with E-state index in [0.717, 1.165) is 95.6 Å². The molecule has 6 unspecified atom stereocenters. The van der Waals surface area contributed by atoms with Crippen LogP contribution in [0, 0.1) is 17.8 Å². The summed E-state index contributed by atoms with van der Waals surface area (Å²) in [5.74, 6) is -0.494. The Balaban J connectivity index is 1.42. The van der Waals surface area contributed by atoms with Gasteiger partial charge in [-0.1, -0.05) is 20.3 Å². The maximum absolute atomic E-state index is 14.5. The molecule has 41 heavy (non-hydrogen) atoms.